The molecule has 4 heteroatoms. The maximum absolute atomic E-state index is 5.94. The highest BCUT2D eigenvalue weighted by Crippen LogP contribution is 2.20. The Balaban J connectivity index is 1.08. The molecule has 0 aliphatic heterocycles. The molecule has 0 N–H and O–H groups in total. The summed E-state index contributed by atoms with van der Waals surface area (Å²) < 4.78 is 23.3. The summed E-state index contributed by atoms with van der Waals surface area (Å²) in [5.74, 6) is 3.59. The summed E-state index contributed by atoms with van der Waals surface area (Å²) in [4.78, 5) is 0. The quantitative estimate of drug-likeness (QED) is 0.0844. The van der Waals surface area contributed by atoms with Crippen LogP contribution in [-0.4, -0.2) is 26.4 Å². The summed E-state index contributed by atoms with van der Waals surface area (Å²) in [6, 6.07) is 33.3. The summed E-state index contributed by atoms with van der Waals surface area (Å²) in [6.45, 7) is 10.1. The van der Waals surface area contributed by atoms with Gasteiger partial charge in [-0.3, -0.25) is 0 Å². The Morgan fingerprint density at radius 1 is 0.381 bits per heavy atom. The van der Waals surface area contributed by atoms with Gasteiger partial charge >= 0.3 is 0 Å². The van der Waals surface area contributed by atoms with Crippen LogP contribution >= 0.6 is 0 Å². The highest BCUT2D eigenvalue weighted by atomic mass is 16.5. The first kappa shape index (κ1) is 30.5. The third-order valence-corrected chi connectivity index (χ3v) is 6.77. The van der Waals surface area contributed by atoms with Crippen molar-refractivity contribution in [2.45, 2.75) is 38.5 Å². The van der Waals surface area contributed by atoms with Crippen LogP contribution in [0.5, 0.6) is 23.0 Å². The molecule has 4 aromatic carbocycles. The van der Waals surface area contributed by atoms with Crippen molar-refractivity contribution in [1.29, 1.82) is 0 Å². The average molecular weight is 563 g/mol. The van der Waals surface area contributed by atoms with E-state index in [9.17, 15) is 0 Å². The van der Waals surface area contributed by atoms with Gasteiger partial charge in [-0.05, 0) is 109 Å². The van der Waals surface area contributed by atoms with Gasteiger partial charge in [0, 0.05) is 0 Å². The number of rotatable bonds is 19. The number of ether oxygens (including phenoxy) is 4. The van der Waals surface area contributed by atoms with Crippen LogP contribution in [0.4, 0.5) is 0 Å². The fourth-order valence-corrected chi connectivity index (χ4v) is 4.39. The monoisotopic (exact) mass is 562 g/mol. The van der Waals surface area contributed by atoms with Gasteiger partial charge in [0.05, 0.1) is 26.4 Å². The molecule has 4 nitrogen and oxygen atoms in total. The number of hydrogen-bond donors (Lipinski definition) is 0. The minimum absolute atomic E-state index is 0.663. The summed E-state index contributed by atoms with van der Waals surface area (Å²) in [5.41, 5.74) is 5.02. The van der Waals surface area contributed by atoms with E-state index in [1.807, 2.05) is 60.7 Å². The second kappa shape index (κ2) is 17.4. The van der Waals surface area contributed by atoms with E-state index < -0.39 is 0 Å². The number of unbranched alkanes of at least 4 members (excludes halogenated alkanes) is 1. The lowest BCUT2D eigenvalue weighted by Gasteiger charge is -2.10. The van der Waals surface area contributed by atoms with Crippen molar-refractivity contribution in [3.8, 4) is 23.0 Å². The first-order valence-electron chi connectivity index (χ1n) is 14.8. The summed E-state index contributed by atoms with van der Waals surface area (Å²) in [5, 5.41) is 0. The zero-order valence-corrected chi connectivity index (χ0v) is 24.5. The van der Waals surface area contributed by atoms with Gasteiger partial charge in [0.2, 0.25) is 0 Å². The van der Waals surface area contributed by atoms with Crippen molar-refractivity contribution in [2.75, 3.05) is 26.4 Å². The van der Waals surface area contributed by atoms with E-state index in [4.69, 9.17) is 18.9 Å². The van der Waals surface area contributed by atoms with Crippen LogP contribution in [0.1, 0.15) is 47.9 Å². The van der Waals surface area contributed by atoms with Gasteiger partial charge in [0.25, 0.3) is 0 Å². The summed E-state index contributed by atoms with van der Waals surface area (Å²) >= 11 is 0. The fraction of sp³-hybridized carbons (Fsp3) is 0.263. The molecular weight excluding hydrogens is 520 g/mol. The van der Waals surface area contributed by atoms with Crippen molar-refractivity contribution in [1.82, 2.24) is 0 Å². The smallest absolute Gasteiger partial charge is 0.119 e. The van der Waals surface area contributed by atoms with E-state index >= 15 is 0 Å². The minimum atomic E-state index is 0.663. The van der Waals surface area contributed by atoms with Crippen molar-refractivity contribution in [3.05, 3.63) is 145 Å². The number of hydrogen-bond acceptors (Lipinski definition) is 4. The Bertz CT molecular complexity index is 1220. The van der Waals surface area contributed by atoms with Crippen molar-refractivity contribution in [2.24, 2.45) is 0 Å². The van der Waals surface area contributed by atoms with Crippen LogP contribution in [0, 0.1) is 0 Å². The van der Waals surface area contributed by atoms with E-state index in [2.05, 4.69) is 61.7 Å². The normalized spacial score (nSPS) is 10.6. The Morgan fingerprint density at radius 3 is 0.905 bits per heavy atom. The standard InChI is InChI=1S/C38H42O4/c1-3-5-25-39-35-17-9-31(10-18-35)29-33-13-21-37(22-14-33)41-27-7-8-28-42-38-23-15-34(16-24-38)30-32-11-19-36(20-12-32)40-26-6-4-2/h3-4,9-24H,1-2,5-8,25-30H2. The van der Waals surface area contributed by atoms with Crippen LogP contribution in [-0.2, 0) is 12.8 Å². The highest BCUT2D eigenvalue weighted by Gasteiger charge is 2.02. The first-order valence-corrected chi connectivity index (χ1v) is 14.8. The molecule has 0 unspecified atom stereocenters. The molecule has 0 radical (unpaired) electrons. The van der Waals surface area contributed by atoms with Gasteiger partial charge in [-0.1, -0.05) is 60.7 Å². The predicted octanol–water partition coefficient (Wildman–Crippen LogP) is 9.02. The SMILES string of the molecule is C=CCCOc1ccc(Cc2ccc(OCCCCOc3ccc(Cc4ccc(OCCC=C)cc4)cc3)cc2)cc1. The third-order valence-electron chi connectivity index (χ3n) is 6.77. The third kappa shape index (κ3) is 10.9. The van der Waals surface area contributed by atoms with Gasteiger partial charge in [-0.25, -0.2) is 0 Å². The Hall–Kier alpha value is -4.44. The van der Waals surface area contributed by atoms with E-state index in [-0.39, 0.29) is 0 Å². The molecule has 4 aromatic rings. The van der Waals surface area contributed by atoms with E-state index in [1.165, 1.54) is 22.3 Å². The van der Waals surface area contributed by atoms with Crippen LogP contribution in [0.15, 0.2) is 122 Å². The van der Waals surface area contributed by atoms with E-state index in [0.29, 0.717) is 26.4 Å². The highest BCUT2D eigenvalue weighted by molar-refractivity contribution is 5.35. The molecule has 218 valence electrons. The largest absolute Gasteiger partial charge is 0.494 e. The fourth-order valence-electron chi connectivity index (χ4n) is 4.39. The molecule has 42 heavy (non-hydrogen) atoms. The van der Waals surface area contributed by atoms with Crippen molar-refractivity contribution >= 4 is 0 Å². The van der Waals surface area contributed by atoms with E-state index in [1.54, 1.807) is 0 Å². The zero-order chi connectivity index (χ0) is 29.2. The van der Waals surface area contributed by atoms with Crippen LogP contribution in [0.2, 0.25) is 0 Å². The molecule has 0 saturated heterocycles. The molecule has 0 spiro atoms. The lowest BCUT2D eigenvalue weighted by Crippen LogP contribution is -2.02. The molecule has 0 aliphatic rings. The van der Waals surface area contributed by atoms with Gasteiger partial charge in [-0.2, -0.15) is 0 Å². The zero-order valence-electron chi connectivity index (χ0n) is 24.5. The van der Waals surface area contributed by atoms with Crippen LogP contribution in [0.25, 0.3) is 0 Å². The lowest BCUT2D eigenvalue weighted by atomic mass is 10.0. The predicted molar refractivity (Wildman–Crippen MR) is 172 cm³/mol. The Kier molecular flexibility index (Phi) is 12.6. The van der Waals surface area contributed by atoms with Crippen molar-refractivity contribution in [3.63, 3.8) is 0 Å². The Labute approximate surface area is 251 Å². The molecule has 0 bridgehead atoms. The van der Waals surface area contributed by atoms with Gasteiger partial charge in [0.1, 0.15) is 23.0 Å². The van der Waals surface area contributed by atoms with Crippen molar-refractivity contribution < 1.29 is 18.9 Å². The minimum Gasteiger partial charge on any atom is -0.494 e. The lowest BCUT2D eigenvalue weighted by molar-refractivity contribution is 0.266. The second-order valence-electron chi connectivity index (χ2n) is 10.2. The molecule has 0 atom stereocenters. The summed E-state index contributed by atoms with van der Waals surface area (Å²) in [7, 11) is 0. The second-order valence-corrected chi connectivity index (χ2v) is 10.2. The van der Waals surface area contributed by atoms with Gasteiger partial charge in [0.15, 0.2) is 0 Å². The summed E-state index contributed by atoms with van der Waals surface area (Å²) in [6.07, 6.45) is 9.07. The van der Waals surface area contributed by atoms with Gasteiger partial charge < -0.3 is 18.9 Å². The average Bonchev–Trinajstić information content (AvgIpc) is 3.02. The van der Waals surface area contributed by atoms with E-state index in [0.717, 1.165) is 61.5 Å². The molecule has 4 rings (SSSR count). The molecule has 0 amide bonds. The molecule has 0 heterocycles. The molecular formula is C38H42O4. The number of benzene rings is 4. The molecule has 0 aliphatic carbocycles. The van der Waals surface area contributed by atoms with Crippen LogP contribution in [0.3, 0.4) is 0 Å². The maximum Gasteiger partial charge on any atom is 0.119 e. The Morgan fingerprint density at radius 2 is 0.643 bits per heavy atom. The molecule has 0 saturated carbocycles. The molecule has 0 fully saturated rings. The maximum atomic E-state index is 5.94. The van der Waals surface area contributed by atoms with Gasteiger partial charge in [-0.15, -0.1) is 13.2 Å². The first-order chi connectivity index (χ1) is 20.7. The molecule has 0 aromatic heterocycles. The van der Waals surface area contributed by atoms with Crippen LogP contribution < -0.4 is 18.9 Å². The topological polar surface area (TPSA) is 36.9 Å².